The van der Waals surface area contributed by atoms with Gasteiger partial charge in [-0.1, -0.05) is 29.8 Å². The Hall–Kier alpha value is -1.70. The van der Waals surface area contributed by atoms with Crippen LogP contribution in [0.2, 0.25) is 5.02 Å². The average molecular weight is 426 g/mol. The van der Waals surface area contributed by atoms with E-state index in [1.165, 1.54) is 11.3 Å². The number of hydrogen-bond donors (Lipinski definition) is 1. The second kappa shape index (κ2) is 6.66. The van der Waals surface area contributed by atoms with Gasteiger partial charge in [0.2, 0.25) is 0 Å². The number of halogens is 2. The molecule has 0 atom stereocenters. The van der Waals surface area contributed by atoms with Crippen molar-refractivity contribution in [3.05, 3.63) is 51.5 Å². The van der Waals surface area contributed by atoms with E-state index in [1.54, 1.807) is 30.9 Å². The highest BCUT2D eigenvalue weighted by Crippen LogP contribution is 2.31. The molecular formula is C16H14BrClN4OS. The summed E-state index contributed by atoms with van der Waals surface area (Å²) in [7, 11) is 0. The second-order valence-corrected chi connectivity index (χ2v) is 7.81. The van der Waals surface area contributed by atoms with E-state index in [1.807, 2.05) is 29.6 Å². The zero-order valence-corrected chi connectivity index (χ0v) is 16.1. The predicted molar refractivity (Wildman–Crippen MR) is 100 cm³/mol. The molecule has 0 unspecified atom stereocenters. The Morgan fingerprint density at radius 2 is 2.12 bits per heavy atom. The number of benzene rings is 1. The van der Waals surface area contributed by atoms with Gasteiger partial charge in [0.05, 0.1) is 16.4 Å². The molecule has 1 aromatic carbocycles. The van der Waals surface area contributed by atoms with E-state index in [0.717, 1.165) is 15.7 Å². The minimum atomic E-state index is -0.845. The molecular weight excluding hydrogens is 412 g/mol. The highest BCUT2D eigenvalue weighted by molar-refractivity contribution is 9.10. The Morgan fingerprint density at radius 3 is 2.79 bits per heavy atom. The van der Waals surface area contributed by atoms with E-state index >= 15 is 0 Å². The molecule has 24 heavy (non-hydrogen) atoms. The van der Waals surface area contributed by atoms with Crippen molar-refractivity contribution in [2.75, 3.05) is 5.32 Å². The first kappa shape index (κ1) is 17.1. The van der Waals surface area contributed by atoms with Crippen molar-refractivity contribution in [2.45, 2.75) is 19.4 Å². The Labute approximate surface area is 156 Å². The van der Waals surface area contributed by atoms with Crippen molar-refractivity contribution in [1.29, 1.82) is 0 Å². The first-order chi connectivity index (χ1) is 11.4. The molecule has 0 fully saturated rings. The number of carbonyl (C=O) groups excluding carboxylic acids is 1. The topological polar surface area (TPSA) is 59.8 Å². The first-order valence-corrected chi connectivity index (χ1v) is 9.15. The fourth-order valence-corrected chi connectivity index (χ4v) is 3.31. The molecule has 0 aliphatic heterocycles. The lowest BCUT2D eigenvalue weighted by Gasteiger charge is -2.23. The molecule has 5 nitrogen and oxygen atoms in total. The Balaban J connectivity index is 1.80. The monoisotopic (exact) mass is 424 g/mol. The zero-order chi connectivity index (χ0) is 17.3. The van der Waals surface area contributed by atoms with Crippen LogP contribution in [-0.4, -0.2) is 20.7 Å². The molecule has 3 rings (SSSR count). The average Bonchev–Trinajstić information content (AvgIpc) is 3.17. The summed E-state index contributed by atoms with van der Waals surface area (Å²) < 4.78 is 2.42. The largest absolute Gasteiger partial charge is 0.300 e. The molecule has 1 amide bonds. The molecule has 0 aliphatic rings. The van der Waals surface area contributed by atoms with E-state index in [2.05, 4.69) is 31.3 Å². The molecule has 0 saturated heterocycles. The van der Waals surface area contributed by atoms with Crippen LogP contribution in [0.1, 0.15) is 13.8 Å². The molecule has 1 N–H and O–H groups in total. The number of nitrogens with one attached hydrogen (secondary N) is 1. The zero-order valence-electron chi connectivity index (χ0n) is 13.0. The van der Waals surface area contributed by atoms with Crippen molar-refractivity contribution in [1.82, 2.24) is 14.8 Å². The number of hydrogen-bond acceptors (Lipinski definition) is 4. The molecule has 0 spiro atoms. The van der Waals surface area contributed by atoms with Gasteiger partial charge in [-0.2, -0.15) is 5.10 Å². The van der Waals surface area contributed by atoms with E-state index in [0.29, 0.717) is 10.2 Å². The van der Waals surface area contributed by atoms with Crippen LogP contribution >= 0.6 is 38.9 Å². The lowest BCUT2D eigenvalue weighted by atomic mass is 10.1. The van der Waals surface area contributed by atoms with Crippen LogP contribution in [0.3, 0.4) is 0 Å². The third-order valence-electron chi connectivity index (χ3n) is 3.55. The predicted octanol–water partition coefficient (Wildman–Crippen LogP) is 4.80. The maximum Gasteiger partial charge on any atom is 0.253 e. The van der Waals surface area contributed by atoms with E-state index in [4.69, 9.17) is 11.6 Å². The Morgan fingerprint density at radius 1 is 1.38 bits per heavy atom. The summed E-state index contributed by atoms with van der Waals surface area (Å²) in [5.74, 6) is -0.196. The highest BCUT2D eigenvalue weighted by atomic mass is 79.9. The smallest absolute Gasteiger partial charge is 0.253 e. The summed E-state index contributed by atoms with van der Waals surface area (Å²) in [6.07, 6.45) is 3.41. The van der Waals surface area contributed by atoms with Gasteiger partial charge >= 0.3 is 0 Å². The lowest BCUT2D eigenvalue weighted by molar-refractivity contribution is -0.123. The Bertz CT molecular complexity index is 890. The van der Waals surface area contributed by atoms with E-state index in [-0.39, 0.29) is 5.91 Å². The molecule has 2 heterocycles. The summed E-state index contributed by atoms with van der Waals surface area (Å²) in [5.41, 5.74) is 0.731. The third kappa shape index (κ3) is 3.38. The van der Waals surface area contributed by atoms with Gasteiger partial charge in [-0.3, -0.25) is 14.8 Å². The maximum absolute atomic E-state index is 12.6. The second-order valence-electron chi connectivity index (χ2n) is 5.63. The standard InChI is InChI=1S/C16H14BrClN4OS/c1-16(2,22-8-10(17)7-19-22)14(23)21-15-20-13(9-24-15)11-5-3-4-6-12(11)18/h3-9H,1-2H3,(H,20,21,23). The molecule has 124 valence electrons. The molecule has 0 aliphatic carbocycles. The summed E-state index contributed by atoms with van der Waals surface area (Å²) >= 11 is 10.9. The van der Waals surface area contributed by atoms with Crippen molar-refractivity contribution < 1.29 is 4.79 Å². The summed E-state index contributed by atoms with van der Waals surface area (Å²) in [6.45, 7) is 3.59. The maximum atomic E-state index is 12.6. The molecule has 3 aromatic rings. The van der Waals surface area contributed by atoms with Crippen LogP contribution in [0.4, 0.5) is 5.13 Å². The van der Waals surface area contributed by atoms with Gasteiger partial charge in [-0.25, -0.2) is 4.98 Å². The fraction of sp³-hybridized carbons (Fsp3) is 0.188. The molecule has 0 bridgehead atoms. The normalized spacial score (nSPS) is 11.5. The third-order valence-corrected chi connectivity index (χ3v) is 5.05. The van der Waals surface area contributed by atoms with Crippen LogP contribution in [0, 0.1) is 0 Å². The van der Waals surface area contributed by atoms with Gasteiger partial charge in [-0.05, 0) is 35.8 Å². The summed E-state index contributed by atoms with van der Waals surface area (Å²) in [6, 6.07) is 7.48. The number of aromatic nitrogens is 3. The van der Waals surface area contributed by atoms with Crippen molar-refractivity contribution >= 4 is 49.9 Å². The molecule has 8 heteroatoms. The van der Waals surface area contributed by atoms with Gasteiger partial charge in [0.25, 0.3) is 5.91 Å². The molecule has 2 aromatic heterocycles. The van der Waals surface area contributed by atoms with Gasteiger partial charge in [-0.15, -0.1) is 11.3 Å². The van der Waals surface area contributed by atoms with Crippen molar-refractivity contribution in [2.24, 2.45) is 0 Å². The lowest BCUT2D eigenvalue weighted by Crippen LogP contribution is -2.40. The minimum Gasteiger partial charge on any atom is -0.300 e. The SMILES string of the molecule is CC(C)(C(=O)Nc1nc(-c2ccccc2Cl)cs1)n1cc(Br)cn1. The van der Waals surface area contributed by atoms with Gasteiger partial charge < -0.3 is 0 Å². The van der Waals surface area contributed by atoms with Crippen LogP contribution in [-0.2, 0) is 10.3 Å². The minimum absolute atomic E-state index is 0.196. The van der Waals surface area contributed by atoms with Crippen molar-refractivity contribution in [3.8, 4) is 11.3 Å². The van der Waals surface area contributed by atoms with Gasteiger partial charge in [0.15, 0.2) is 5.13 Å². The summed E-state index contributed by atoms with van der Waals surface area (Å²) in [4.78, 5) is 17.1. The van der Waals surface area contributed by atoms with Gasteiger partial charge in [0, 0.05) is 22.2 Å². The molecule has 0 radical (unpaired) electrons. The molecule has 0 saturated carbocycles. The Kier molecular flexibility index (Phi) is 4.76. The van der Waals surface area contributed by atoms with Crippen LogP contribution in [0.25, 0.3) is 11.3 Å². The van der Waals surface area contributed by atoms with Gasteiger partial charge in [0.1, 0.15) is 5.54 Å². The van der Waals surface area contributed by atoms with Crippen LogP contribution < -0.4 is 5.32 Å². The highest BCUT2D eigenvalue weighted by Gasteiger charge is 2.31. The number of thiazole rings is 1. The quantitative estimate of drug-likeness (QED) is 0.653. The number of amides is 1. The number of rotatable bonds is 4. The van der Waals surface area contributed by atoms with E-state index in [9.17, 15) is 4.79 Å². The van der Waals surface area contributed by atoms with Crippen LogP contribution in [0.5, 0.6) is 0 Å². The number of nitrogens with zero attached hydrogens (tertiary/aromatic N) is 3. The number of carbonyl (C=O) groups is 1. The fourth-order valence-electron chi connectivity index (χ4n) is 2.08. The van der Waals surface area contributed by atoms with E-state index < -0.39 is 5.54 Å². The van der Waals surface area contributed by atoms with Crippen molar-refractivity contribution in [3.63, 3.8) is 0 Å². The van der Waals surface area contributed by atoms with Crippen LogP contribution in [0.15, 0.2) is 46.5 Å². The first-order valence-electron chi connectivity index (χ1n) is 7.10. The number of anilines is 1. The summed E-state index contributed by atoms with van der Waals surface area (Å²) in [5, 5.41) is 10.1.